The molecule has 36 heavy (non-hydrogen) atoms. The number of primary amides is 1. The number of benzene rings is 2. The van der Waals surface area contributed by atoms with Crippen LogP contribution in [0.15, 0.2) is 85.2 Å². The minimum Gasteiger partial charge on any atom is -0.379 e. The Morgan fingerprint density at radius 2 is 1.72 bits per heavy atom. The summed E-state index contributed by atoms with van der Waals surface area (Å²) in [6, 6.07) is 24.2. The highest BCUT2D eigenvalue weighted by molar-refractivity contribution is 6.04. The number of nitrogens with one attached hydrogen (secondary N) is 2. The number of hydrogen-bond acceptors (Lipinski definition) is 5. The summed E-state index contributed by atoms with van der Waals surface area (Å²) in [7, 11) is 0. The van der Waals surface area contributed by atoms with Gasteiger partial charge in [-0.3, -0.25) is 9.78 Å². The van der Waals surface area contributed by atoms with Crippen LogP contribution < -0.4 is 22.1 Å². The lowest BCUT2D eigenvalue weighted by Gasteiger charge is -2.30. The fourth-order valence-corrected chi connectivity index (χ4v) is 4.88. The van der Waals surface area contributed by atoms with Crippen LogP contribution >= 0.6 is 0 Å². The molecule has 1 saturated carbocycles. The van der Waals surface area contributed by atoms with Crippen molar-refractivity contribution in [3.63, 3.8) is 0 Å². The molecule has 0 saturated heterocycles. The van der Waals surface area contributed by atoms with E-state index in [0.29, 0.717) is 23.6 Å². The van der Waals surface area contributed by atoms with Crippen LogP contribution in [0.5, 0.6) is 0 Å². The van der Waals surface area contributed by atoms with Gasteiger partial charge in [0.25, 0.3) is 5.91 Å². The van der Waals surface area contributed by atoms with E-state index in [1.165, 1.54) is 0 Å². The first kappa shape index (κ1) is 23.6. The molecule has 1 fully saturated rings. The van der Waals surface area contributed by atoms with Crippen molar-refractivity contribution in [2.75, 3.05) is 10.6 Å². The summed E-state index contributed by atoms with van der Waals surface area (Å²) in [5, 5.41) is 6.98. The van der Waals surface area contributed by atoms with Crippen LogP contribution in [0.4, 0.5) is 17.2 Å². The van der Waals surface area contributed by atoms with E-state index in [-0.39, 0.29) is 12.1 Å². The van der Waals surface area contributed by atoms with Gasteiger partial charge in [0.15, 0.2) is 0 Å². The van der Waals surface area contributed by atoms with Gasteiger partial charge in [-0.2, -0.15) is 0 Å². The number of rotatable bonds is 8. The van der Waals surface area contributed by atoms with E-state index in [2.05, 4.69) is 39.9 Å². The third kappa shape index (κ3) is 5.26. The molecule has 2 unspecified atom stereocenters. The maximum Gasteiger partial charge on any atom is 0.254 e. The minimum absolute atomic E-state index is 0.0486. The fraction of sp³-hybridized carbons (Fsp3) is 0.241. The van der Waals surface area contributed by atoms with Crippen molar-refractivity contribution in [2.45, 2.75) is 44.3 Å². The Balaban J connectivity index is 1.49. The van der Waals surface area contributed by atoms with Gasteiger partial charge in [-0.1, -0.05) is 61.4 Å². The van der Waals surface area contributed by atoms with Gasteiger partial charge >= 0.3 is 0 Å². The molecule has 184 valence electrons. The predicted molar refractivity (Wildman–Crippen MR) is 145 cm³/mol. The van der Waals surface area contributed by atoms with Crippen LogP contribution in [0.1, 0.15) is 41.6 Å². The highest BCUT2D eigenvalue weighted by atomic mass is 16.1. The summed E-state index contributed by atoms with van der Waals surface area (Å²) in [6.45, 7) is 0.566. The molecule has 2 aromatic carbocycles. The molecule has 5 rings (SSSR count). The van der Waals surface area contributed by atoms with E-state index in [9.17, 15) is 4.79 Å². The molecule has 0 spiro atoms. The lowest BCUT2D eigenvalue weighted by molar-refractivity contribution is 0.100. The number of aromatic nitrogens is 2. The largest absolute Gasteiger partial charge is 0.379 e. The molecule has 2 heterocycles. The summed E-state index contributed by atoms with van der Waals surface area (Å²) in [5.41, 5.74) is 17.5. The van der Waals surface area contributed by atoms with Crippen molar-refractivity contribution in [3.05, 3.63) is 96.3 Å². The van der Waals surface area contributed by atoms with Crippen LogP contribution in [0.2, 0.25) is 0 Å². The highest BCUT2D eigenvalue weighted by Crippen LogP contribution is 2.33. The van der Waals surface area contributed by atoms with Crippen LogP contribution in [0.3, 0.4) is 0 Å². The molecule has 1 aliphatic carbocycles. The predicted octanol–water partition coefficient (Wildman–Crippen LogP) is 5.12. The molecular formula is C29H32N6O. The van der Waals surface area contributed by atoms with E-state index in [4.69, 9.17) is 11.5 Å². The number of nitrogens with zero attached hydrogens (tertiary/aromatic N) is 2. The van der Waals surface area contributed by atoms with Crippen molar-refractivity contribution in [1.29, 1.82) is 0 Å². The van der Waals surface area contributed by atoms with Gasteiger partial charge < -0.3 is 26.7 Å². The third-order valence-corrected chi connectivity index (χ3v) is 6.79. The molecule has 0 aliphatic heterocycles. The maximum atomic E-state index is 12.7. The SMILES string of the molecule is NC(=O)c1c(NC2CCCCC2N)cn(Cc2ccc(-c3ccccn3)cc2)c1Nc1ccccc1. The first-order valence-electron chi connectivity index (χ1n) is 12.5. The molecule has 4 aromatic rings. The number of carbonyl (C=O) groups excluding carboxylic acids is 1. The molecule has 7 nitrogen and oxygen atoms in total. The average Bonchev–Trinajstić information content (AvgIpc) is 3.23. The number of hydrogen-bond donors (Lipinski definition) is 4. The Hall–Kier alpha value is -4.10. The second kappa shape index (κ2) is 10.7. The van der Waals surface area contributed by atoms with E-state index in [1.54, 1.807) is 6.20 Å². The standard InChI is InChI=1S/C29H32N6O/c30-23-10-4-5-12-25(23)34-26-19-35(29(27(26)28(31)36)33-22-8-2-1-3-9-22)18-20-13-15-21(16-14-20)24-11-6-7-17-32-24/h1-3,6-9,11,13-17,19,23,25,33-34H,4-5,10,12,18,30H2,(H2,31,36). The summed E-state index contributed by atoms with van der Waals surface area (Å²) in [5.74, 6) is 0.180. The second-order valence-corrected chi connectivity index (χ2v) is 9.36. The van der Waals surface area contributed by atoms with E-state index in [1.807, 2.05) is 59.3 Å². The summed E-state index contributed by atoms with van der Waals surface area (Å²) in [4.78, 5) is 17.1. The highest BCUT2D eigenvalue weighted by Gasteiger charge is 2.26. The molecule has 1 aliphatic rings. The van der Waals surface area contributed by atoms with E-state index < -0.39 is 5.91 Å². The number of pyridine rings is 1. The van der Waals surface area contributed by atoms with Crippen molar-refractivity contribution < 1.29 is 4.79 Å². The maximum absolute atomic E-state index is 12.7. The average molecular weight is 481 g/mol. The summed E-state index contributed by atoms with van der Waals surface area (Å²) in [6.07, 6.45) is 7.97. The molecule has 2 atom stereocenters. The topological polar surface area (TPSA) is 111 Å². The van der Waals surface area contributed by atoms with E-state index >= 15 is 0 Å². The molecule has 0 radical (unpaired) electrons. The lowest BCUT2D eigenvalue weighted by Crippen LogP contribution is -2.42. The summed E-state index contributed by atoms with van der Waals surface area (Å²) >= 11 is 0. The molecular weight excluding hydrogens is 448 g/mol. The molecule has 0 bridgehead atoms. The number of carbonyl (C=O) groups is 1. The number of nitrogens with two attached hydrogens (primary N) is 2. The third-order valence-electron chi connectivity index (χ3n) is 6.79. The Morgan fingerprint density at radius 1 is 0.972 bits per heavy atom. The molecule has 2 aromatic heterocycles. The first-order valence-corrected chi connectivity index (χ1v) is 12.5. The molecule has 7 heteroatoms. The van der Waals surface area contributed by atoms with Gasteiger partial charge in [-0.05, 0) is 42.7 Å². The van der Waals surface area contributed by atoms with Crippen molar-refractivity contribution in [1.82, 2.24) is 9.55 Å². The monoisotopic (exact) mass is 480 g/mol. The fourth-order valence-electron chi connectivity index (χ4n) is 4.88. The van der Waals surface area contributed by atoms with Gasteiger partial charge in [0, 0.05) is 42.3 Å². The van der Waals surface area contributed by atoms with Crippen LogP contribution in [0.25, 0.3) is 11.3 Å². The first-order chi connectivity index (χ1) is 17.6. The zero-order valence-corrected chi connectivity index (χ0v) is 20.2. The molecule has 1 amide bonds. The molecule has 6 N–H and O–H groups in total. The van der Waals surface area contributed by atoms with Gasteiger partial charge in [-0.15, -0.1) is 0 Å². The number of anilines is 3. The number of amides is 1. The Kier molecular flexibility index (Phi) is 7.00. The van der Waals surface area contributed by atoms with Crippen LogP contribution in [-0.2, 0) is 6.54 Å². The zero-order chi connectivity index (χ0) is 24.9. The van der Waals surface area contributed by atoms with Gasteiger partial charge in [0.05, 0.1) is 11.4 Å². The van der Waals surface area contributed by atoms with Gasteiger partial charge in [-0.25, -0.2) is 0 Å². The quantitative estimate of drug-likeness (QED) is 0.280. The Morgan fingerprint density at radius 3 is 2.42 bits per heavy atom. The van der Waals surface area contributed by atoms with Gasteiger partial charge in [0.1, 0.15) is 11.4 Å². The Labute approximate surface area is 211 Å². The normalized spacial score (nSPS) is 17.5. The van der Waals surface area contributed by atoms with Crippen LogP contribution in [0, 0.1) is 0 Å². The second-order valence-electron chi connectivity index (χ2n) is 9.36. The van der Waals surface area contributed by atoms with Crippen molar-refractivity contribution >= 4 is 23.1 Å². The smallest absolute Gasteiger partial charge is 0.254 e. The van der Waals surface area contributed by atoms with Crippen molar-refractivity contribution in [3.8, 4) is 11.3 Å². The van der Waals surface area contributed by atoms with Crippen molar-refractivity contribution in [2.24, 2.45) is 11.5 Å². The lowest BCUT2D eigenvalue weighted by atomic mass is 9.91. The Bertz CT molecular complexity index is 1300. The number of para-hydroxylation sites is 1. The van der Waals surface area contributed by atoms with E-state index in [0.717, 1.165) is 48.2 Å². The minimum atomic E-state index is -0.482. The van der Waals surface area contributed by atoms with Crippen LogP contribution in [-0.4, -0.2) is 27.5 Å². The zero-order valence-electron chi connectivity index (χ0n) is 20.2. The van der Waals surface area contributed by atoms with Gasteiger partial charge in [0.2, 0.25) is 0 Å². The summed E-state index contributed by atoms with van der Waals surface area (Å²) < 4.78 is 2.04.